The van der Waals surface area contributed by atoms with Gasteiger partial charge in [-0.25, -0.2) is 4.83 Å². The number of hydrogen-bond donors (Lipinski definition) is 2. The third-order valence-electron chi connectivity index (χ3n) is 2.88. The highest BCUT2D eigenvalue weighted by Crippen LogP contribution is 2.29. The summed E-state index contributed by atoms with van der Waals surface area (Å²) in [6, 6.07) is 8.65. The molecule has 0 atom stereocenters. The van der Waals surface area contributed by atoms with Gasteiger partial charge in [0.1, 0.15) is 11.5 Å². The van der Waals surface area contributed by atoms with Crippen LogP contribution in [0.2, 0.25) is 10.0 Å². The third kappa shape index (κ3) is 4.53. The van der Waals surface area contributed by atoms with E-state index in [0.29, 0.717) is 12.4 Å². The molecule has 0 saturated heterocycles. The Morgan fingerprint density at radius 2 is 1.92 bits per heavy atom. The molecule has 0 heterocycles. The number of ether oxygens (including phenoxy) is 1. The van der Waals surface area contributed by atoms with E-state index in [4.69, 9.17) is 27.9 Å². The van der Waals surface area contributed by atoms with E-state index in [-0.39, 0.29) is 26.3 Å². The van der Waals surface area contributed by atoms with Gasteiger partial charge in [0, 0.05) is 10.6 Å². The molecule has 0 aromatic heterocycles. The molecule has 0 bridgehead atoms. The van der Waals surface area contributed by atoms with E-state index in [2.05, 4.69) is 5.10 Å². The van der Waals surface area contributed by atoms with E-state index < -0.39 is 10.0 Å². The van der Waals surface area contributed by atoms with Crippen LogP contribution < -0.4 is 9.57 Å². The van der Waals surface area contributed by atoms with Crippen molar-refractivity contribution in [1.29, 1.82) is 0 Å². The second-order valence-electron chi connectivity index (χ2n) is 4.58. The molecular weight excluding hydrogens is 375 g/mol. The highest BCUT2D eigenvalue weighted by atomic mass is 35.5. The monoisotopic (exact) mass is 388 g/mol. The van der Waals surface area contributed by atoms with Crippen LogP contribution in [0.5, 0.6) is 11.5 Å². The van der Waals surface area contributed by atoms with Crippen molar-refractivity contribution in [3.8, 4) is 11.5 Å². The first kappa shape index (κ1) is 18.4. The molecule has 2 rings (SSSR count). The van der Waals surface area contributed by atoms with Crippen LogP contribution in [0.25, 0.3) is 0 Å². The zero-order chi connectivity index (χ0) is 17.7. The summed E-state index contributed by atoms with van der Waals surface area (Å²) in [6.07, 6.45) is 1.11. The van der Waals surface area contributed by atoms with E-state index in [9.17, 15) is 13.5 Å². The summed E-state index contributed by atoms with van der Waals surface area (Å²) < 4.78 is 29.5. The smallest absolute Gasteiger partial charge is 0.276 e. The van der Waals surface area contributed by atoms with Crippen molar-refractivity contribution < 1.29 is 18.3 Å². The minimum Gasteiger partial charge on any atom is -0.506 e. The van der Waals surface area contributed by atoms with Gasteiger partial charge in [0.25, 0.3) is 10.0 Å². The molecular formula is C15H14Cl2N2O4S. The van der Waals surface area contributed by atoms with Crippen molar-refractivity contribution in [3.63, 3.8) is 0 Å². The molecule has 2 aromatic carbocycles. The Morgan fingerprint density at radius 1 is 1.25 bits per heavy atom. The Kier molecular flexibility index (Phi) is 5.93. The summed E-state index contributed by atoms with van der Waals surface area (Å²) >= 11 is 11.6. The Morgan fingerprint density at radius 3 is 2.54 bits per heavy atom. The average molecular weight is 389 g/mol. The van der Waals surface area contributed by atoms with Gasteiger partial charge in [0.2, 0.25) is 0 Å². The van der Waals surface area contributed by atoms with E-state index in [1.807, 2.05) is 11.8 Å². The summed E-state index contributed by atoms with van der Waals surface area (Å²) in [5, 5.41) is 13.7. The molecule has 6 nitrogen and oxygen atoms in total. The van der Waals surface area contributed by atoms with Crippen molar-refractivity contribution in [1.82, 2.24) is 4.83 Å². The second kappa shape index (κ2) is 7.74. The summed E-state index contributed by atoms with van der Waals surface area (Å²) in [6.45, 7) is 2.32. The minimum absolute atomic E-state index is 0.0245. The lowest BCUT2D eigenvalue weighted by Gasteiger charge is -2.06. The number of hydrazone groups is 1. The van der Waals surface area contributed by atoms with Crippen molar-refractivity contribution in [3.05, 3.63) is 52.0 Å². The van der Waals surface area contributed by atoms with Crippen LogP contribution >= 0.6 is 23.2 Å². The normalized spacial score (nSPS) is 11.6. The number of rotatable bonds is 6. The zero-order valence-corrected chi connectivity index (χ0v) is 14.9. The van der Waals surface area contributed by atoms with Gasteiger partial charge in [-0.05, 0) is 43.3 Å². The molecule has 0 aliphatic carbocycles. The van der Waals surface area contributed by atoms with Crippen LogP contribution in [0.15, 0.2) is 46.4 Å². The fourth-order valence-electron chi connectivity index (χ4n) is 1.78. The number of aromatic hydroxyl groups is 1. The Labute approximate surface area is 149 Å². The summed E-state index contributed by atoms with van der Waals surface area (Å²) in [7, 11) is -3.85. The molecule has 2 N–H and O–H groups in total. The molecule has 0 unspecified atom stereocenters. The van der Waals surface area contributed by atoms with Gasteiger partial charge in [0.05, 0.1) is 22.7 Å². The number of benzene rings is 2. The third-order valence-corrected chi connectivity index (χ3v) is 4.62. The lowest BCUT2D eigenvalue weighted by Crippen LogP contribution is -2.18. The fourth-order valence-corrected chi connectivity index (χ4v) is 3.08. The predicted octanol–water partition coefficient (Wildman–Crippen LogP) is 3.41. The van der Waals surface area contributed by atoms with Crippen molar-refractivity contribution in [2.45, 2.75) is 11.8 Å². The number of halogens is 2. The van der Waals surface area contributed by atoms with Gasteiger partial charge in [-0.3, -0.25) is 0 Å². The van der Waals surface area contributed by atoms with E-state index in [1.165, 1.54) is 24.3 Å². The molecule has 0 aliphatic heterocycles. The van der Waals surface area contributed by atoms with Crippen LogP contribution in [-0.4, -0.2) is 26.3 Å². The molecule has 24 heavy (non-hydrogen) atoms. The molecule has 0 spiro atoms. The Hall–Kier alpha value is -1.96. The number of phenolic OH excluding ortho intramolecular Hbond substituents is 1. The first-order valence-electron chi connectivity index (χ1n) is 6.79. The van der Waals surface area contributed by atoms with Gasteiger partial charge >= 0.3 is 0 Å². The van der Waals surface area contributed by atoms with Crippen molar-refractivity contribution in [2.75, 3.05) is 6.61 Å². The molecule has 9 heteroatoms. The Balaban J connectivity index is 2.15. The van der Waals surface area contributed by atoms with Gasteiger partial charge in [0.15, 0.2) is 0 Å². The van der Waals surface area contributed by atoms with Gasteiger partial charge in [-0.15, -0.1) is 0 Å². The first-order valence-corrected chi connectivity index (χ1v) is 9.03. The molecule has 0 fully saturated rings. The summed E-state index contributed by atoms with van der Waals surface area (Å²) in [5.41, 5.74) is 0.182. The van der Waals surface area contributed by atoms with Crippen LogP contribution in [0.3, 0.4) is 0 Å². The van der Waals surface area contributed by atoms with E-state index >= 15 is 0 Å². The predicted molar refractivity (Wildman–Crippen MR) is 93.7 cm³/mol. The number of sulfonamides is 1. The van der Waals surface area contributed by atoms with Crippen molar-refractivity contribution in [2.24, 2.45) is 5.10 Å². The lowest BCUT2D eigenvalue weighted by molar-refractivity contribution is 0.340. The topological polar surface area (TPSA) is 88.0 Å². The SMILES string of the molecule is CCOc1ccc(S(=O)(=O)N/N=C/c2cc(Cl)cc(Cl)c2O)cc1. The number of hydrogen-bond acceptors (Lipinski definition) is 5. The summed E-state index contributed by atoms with van der Waals surface area (Å²) in [4.78, 5) is 2.07. The molecule has 0 radical (unpaired) electrons. The number of nitrogens with one attached hydrogen (secondary N) is 1. The van der Waals surface area contributed by atoms with E-state index in [1.54, 1.807) is 12.1 Å². The zero-order valence-electron chi connectivity index (χ0n) is 12.5. The highest BCUT2D eigenvalue weighted by molar-refractivity contribution is 7.89. The second-order valence-corrected chi connectivity index (χ2v) is 7.09. The molecule has 2 aromatic rings. The van der Waals surface area contributed by atoms with Crippen LogP contribution in [0, 0.1) is 0 Å². The maximum Gasteiger partial charge on any atom is 0.276 e. The molecule has 0 saturated carbocycles. The standard InChI is InChI=1S/C15H14Cl2N2O4S/c1-2-23-12-3-5-13(6-4-12)24(21,22)19-18-9-10-7-11(16)8-14(17)15(10)20/h3-9,19-20H,2H2,1H3/b18-9+. The minimum atomic E-state index is -3.85. The highest BCUT2D eigenvalue weighted by Gasteiger charge is 2.13. The van der Waals surface area contributed by atoms with Gasteiger partial charge in [-0.2, -0.15) is 13.5 Å². The van der Waals surface area contributed by atoms with Crippen LogP contribution in [0.4, 0.5) is 0 Å². The Bertz CT molecular complexity index is 853. The molecule has 0 amide bonds. The van der Waals surface area contributed by atoms with Crippen LogP contribution in [0.1, 0.15) is 12.5 Å². The summed E-state index contributed by atoms with van der Waals surface area (Å²) in [5.74, 6) is 0.323. The molecule has 128 valence electrons. The average Bonchev–Trinajstić information content (AvgIpc) is 2.52. The van der Waals surface area contributed by atoms with Crippen molar-refractivity contribution >= 4 is 39.4 Å². The van der Waals surface area contributed by atoms with Gasteiger partial charge in [-0.1, -0.05) is 23.2 Å². The number of nitrogens with zero attached hydrogens (tertiary/aromatic N) is 1. The fraction of sp³-hybridized carbons (Fsp3) is 0.133. The lowest BCUT2D eigenvalue weighted by atomic mass is 10.2. The maximum atomic E-state index is 12.1. The molecule has 0 aliphatic rings. The largest absolute Gasteiger partial charge is 0.506 e. The maximum absolute atomic E-state index is 12.1. The first-order chi connectivity index (χ1) is 11.3. The quantitative estimate of drug-likeness (QED) is 0.586. The van der Waals surface area contributed by atoms with Crippen LogP contribution in [-0.2, 0) is 10.0 Å². The van der Waals surface area contributed by atoms with E-state index in [0.717, 1.165) is 6.21 Å². The van der Waals surface area contributed by atoms with Gasteiger partial charge < -0.3 is 9.84 Å². The number of phenols is 1.